The minimum Gasteiger partial charge on any atom is -0.229 e. The summed E-state index contributed by atoms with van der Waals surface area (Å²) in [5, 5.41) is 0. The molecule has 0 aromatic heterocycles. The van der Waals surface area contributed by atoms with Crippen LogP contribution < -0.4 is 0 Å². The van der Waals surface area contributed by atoms with E-state index in [-0.39, 0.29) is 28.9 Å². The Labute approximate surface area is 137 Å². The molecular weight excluding hydrogens is 341 g/mol. The van der Waals surface area contributed by atoms with Crippen molar-refractivity contribution in [2.75, 3.05) is 18.1 Å². The fourth-order valence-electron chi connectivity index (χ4n) is 2.83. The molecule has 0 radical (unpaired) electrons. The van der Waals surface area contributed by atoms with Gasteiger partial charge in [-0.25, -0.2) is 21.2 Å². The third kappa shape index (κ3) is 4.10. The molecule has 1 aliphatic rings. The zero-order valence-electron chi connectivity index (χ0n) is 13.5. The number of nitrogens with zero attached hydrogens (tertiary/aromatic N) is 1. The molecule has 23 heavy (non-hydrogen) atoms. The Morgan fingerprint density at radius 2 is 2.00 bits per heavy atom. The van der Waals surface area contributed by atoms with Crippen molar-refractivity contribution < 1.29 is 21.2 Å². The number of sulfone groups is 1. The first-order chi connectivity index (χ1) is 10.5. The van der Waals surface area contributed by atoms with Crippen LogP contribution in [0.15, 0.2) is 23.1 Å². The molecule has 1 saturated heterocycles. The minimum absolute atomic E-state index is 0.00415. The number of hydrogen-bond acceptors (Lipinski definition) is 4. The molecule has 1 aromatic carbocycles. The van der Waals surface area contributed by atoms with Gasteiger partial charge < -0.3 is 0 Å². The maximum atomic E-state index is 13.3. The van der Waals surface area contributed by atoms with E-state index in [9.17, 15) is 21.2 Å². The molecule has 0 amide bonds. The van der Waals surface area contributed by atoms with Gasteiger partial charge in [-0.05, 0) is 43.0 Å². The normalized spacial score (nSPS) is 21.2. The van der Waals surface area contributed by atoms with E-state index in [2.05, 4.69) is 0 Å². The van der Waals surface area contributed by atoms with Gasteiger partial charge in [-0.15, -0.1) is 0 Å². The highest BCUT2D eigenvalue weighted by Gasteiger charge is 2.39. The van der Waals surface area contributed by atoms with Crippen LogP contribution in [-0.4, -0.2) is 45.2 Å². The fourth-order valence-corrected chi connectivity index (χ4v) is 6.68. The van der Waals surface area contributed by atoms with Gasteiger partial charge in [0.2, 0.25) is 10.0 Å². The lowest BCUT2D eigenvalue weighted by Gasteiger charge is -2.29. The van der Waals surface area contributed by atoms with E-state index >= 15 is 0 Å². The van der Waals surface area contributed by atoms with Crippen molar-refractivity contribution in [1.82, 2.24) is 4.31 Å². The largest absolute Gasteiger partial charge is 0.243 e. The highest BCUT2D eigenvalue weighted by Crippen LogP contribution is 2.28. The Kier molecular flexibility index (Phi) is 5.18. The van der Waals surface area contributed by atoms with Crippen molar-refractivity contribution in [2.45, 2.75) is 38.1 Å². The van der Waals surface area contributed by atoms with Gasteiger partial charge in [-0.2, -0.15) is 4.31 Å². The molecule has 1 fully saturated rings. The zero-order valence-corrected chi connectivity index (χ0v) is 15.1. The molecule has 1 heterocycles. The van der Waals surface area contributed by atoms with Crippen LogP contribution in [-0.2, 0) is 19.9 Å². The van der Waals surface area contributed by atoms with Crippen LogP contribution in [0.4, 0.5) is 4.39 Å². The van der Waals surface area contributed by atoms with Crippen LogP contribution in [0.5, 0.6) is 0 Å². The summed E-state index contributed by atoms with van der Waals surface area (Å²) in [6.45, 7) is 5.53. The summed E-state index contributed by atoms with van der Waals surface area (Å²) in [6, 6.07) is 2.97. The molecule has 0 spiro atoms. The van der Waals surface area contributed by atoms with Crippen LogP contribution in [0, 0.1) is 18.7 Å². The molecular formula is C15H22FNO4S2. The molecule has 1 atom stereocenters. The molecule has 130 valence electrons. The Balaban J connectivity index is 2.45. The number of halogens is 1. The number of sulfonamides is 1. The third-order valence-electron chi connectivity index (χ3n) is 3.88. The monoisotopic (exact) mass is 363 g/mol. The summed E-state index contributed by atoms with van der Waals surface area (Å²) in [7, 11) is -7.08. The summed E-state index contributed by atoms with van der Waals surface area (Å²) < 4.78 is 64.0. The summed E-state index contributed by atoms with van der Waals surface area (Å²) in [5.41, 5.74) is 0.319. The lowest BCUT2D eigenvalue weighted by Crippen LogP contribution is -2.43. The number of aryl methyl sites for hydroxylation is 1. The van der Waals surface area contributed by atoms with Crippen LogP contribution in [0.1, 0.15) is 25.8 Å². The highest BCUT2D eigenvalue weighted by molar-refractivity contribution is 7.92. The molecule has 1 aliphatic heterocycles. The first kappa shape index (κ1) is 18.4. The lowest BCUT2D eigenvalue weighted by molar-refractivity contribution is 0.307. The second-order valence-electron chi connectivity index (χ2n) is 6.44. The van der Waals surface area contributed by atoms with Crippen molar-refractivity contribution in [2.24, 2.45) is 5.92 Å². The van der Waals surface area contributed by atoms with Crippen molar-refractivity contribution in [3.63, 3.8) is 0 Å². The van der Waals surface area contributed by atoms with Gasteiger partial charge in [0.15, 0.2) is 9.84 Å². The van der Waals surface area contributed by atoms with Gasteiger partial charge in [-0.1, -0.05) is 13.8 Å². The predicted octanol–water partition coefficient (Wildman–Crippen LogP) is 1.97. The second-order valence-corrected chi connectivity index (χ2v) is 10.5. The lowest BCUT2D eigenvalue weighted by atomic mass is 10.2. The first-order valence-corrected chi connectivity index (χ1v) is 10.8. The summed E-state index contributed by atoms with van der Waals surface area (Å²) >= 11 is 0. The van der Waals surface area contributed by atoms with Crippen LogP contribution in [0.2, 0.25) is 0 Å². The summed E-state index contributed by atoms with van der Waals surface area (Å²) in [4.78, 5) is 0.0313. The van der Waals surface area contributed by atoms with E-state index < -0.39 is 31.7 Å². The number of hydrogen-bond donors (Lipinski definition) is 0. The maximum absolute atomic E-state index is 13.3. The zero-order chi connectivity index (χ0) is 17.4. The van der Waals surface area contributed by atoms with Crippen molar-refractivity contribution in [3.05, 3.63) is 29.6 Å². The molecule has 8 heteroatoms. The number of rotatable bonds is 5. The molecule has 1 aromatic rings. The SMILES string of the molecule is Cc1cc(F)ccc1S(=O)(=O)N(CC(C)C)C1CCS(=O)(=O)C1. The van der Waals surface area contributed by atoms with Crippen molar-refractivity contribution in [3.8, 4) is 0 Å². The van der Waals surface area contributed by atoms with Crippen LogP contribution >= 0.6 is 0 Å². The Morgan fingerprint density at radius 3 is 2.48 bits per heavy atom. The third-order valence-corrected chi connectivity index (χ3v) is 7.71. The quantitative estimate of drug-likeness (QED) is 0.802. The van der Waals surface area contributed by atoms with Gasteiger partial charge in [-0.3, -0.25) is 0 Å². The van der Waals surface area contributed by atoms with Gasteiger partial charge in [0.25, 0.3) is 0 Å². The second kappa shape index (κ2) is 6.49. The Morgan fingerprint density at radius 1 is 1.35 bits per heavy atom. The standard InChI is InChI=1S/C15H22FNO4S2/c1-11(2)9-17(14-6-7-22(18,19)10-14)23(20,21)15-5-4-13(16)8-12(15)3/h4-5,8,11,14H,6-7,9-10H2,1-3H3. The molecule has 0 saturated carbocycles. The molecule has 5 nitrogen and oxygen atoms in total. The first-order valence-electron chi connectivity index (χ1n) is 7.51. The van der Waals surface area contributed by atoms with E-state index in [0.717, 1.165) is 6.07 Å². The minimum atomic E-state index is -3.87. The van der Waals surface area contributed by atoms with Crippen LogP contribution in [0.25, 0.3) is 0 Å². The predicted molar refractivity (Wildman–Crippen MR) is 86.9 cm³/mol. The van der Waals surface area contributed by atoms with Crippen molar-refractivity contribution >= 4 is 19.9 Å². The maximum Gasteiger partial charge on any atom is 0.243 e. The van der Waals surface area contributed by atoms with Gasteiger partial charge in [0.05, 0.1) is 16.4 Å². The van der Waals surface area contributed by atoms with E-state index in [1.54, 1.807) is 0 Å². The molecule has 0 aliphatic carbocycles. The fraction of sp³-hybridized carbons (Fsp3) is 0.600. The van der Waals surface area contributed by atoms with Gasteiger partial charge in [0.1, 0.15) is 5.82 Å². The highest BCUT2D eigenvalue weighted by atomic mass is 32.2. The van der Waals surface area contributed by atoms with Gasteiger partial charge in [0, 0.05) is 12.6 Å². The van der Waals surface area contributed by atoms with E-state index in [0.29, 0.717) is 12.0 Å². The van der Waals surface area contributed by atoms with E-state index in [1.807, 2.05) is 13.8 Å². The van der Waals surface area contributed by atoms with Crippen molar-refractivity contribution in [1.29, 1.82) is 0 Å². The van der Waals surface area contributed by atoms with Gasteiger partial charge >= 0.3 is 0 Å². The molecule has 0 bridgehead atoms. The summed E-state index contributed by atoms with van der Waals surface area (Å²) in [6.07, 6.45) is 0.300. The Hall–Kier alpha value is -0.990. The molecule has 1 unspecified atom stereocenters. The van der Waals surface area contributed by atoms with E-state index in [1.165, 1.54) is 23.4 Å². The average Bonchev–Trinajstić information content (AvgIpc) is 2.75. The van der Waals surface area contributed by atoms with Crippen LogP contribution in [0.3, 0.4) is 0 Å². The molecule has 0 N–H and O–H groups in total. The average molecular weight is 363 g/mol. The Bertz CT molecular complexity index is 788. The topological polar surface area (TPSA) is 71.5 Å². The smallest absolute Gasteiger partial charge is 0.229 e. The number of benzene rings is 1. The van der Waals surface area contributed by atoms with E-state index in [4.69, 9.17) is 0 Å². The summed E-state index contributed by atoms with van der Waals surface area (Å²) in [5.74, 6) is -0.599. The molecule has 2 rings (SSSR count).